The van der Waals surface area contributed by atoms with Gasteiger partial charge in [0.25, 0.3) is 0 Å². The van der Waals surface area contributed by atoms with Gasteiger partial charge >= 0.3 is 5.66 Å². The molecule has 0 N–H and O–H groups in total. The molecule has 168 valence electrons. The number of pyridine rings is 2. The molecule has 1 atom stereocenters. The quantitative estimate of drug-likeness (QED) is 0.229. The highest BCUT2D eigenvalue weighted by Crippen LogP contribution is 2.56. The molecule has 1 spiro atoms. The van der Waals surface area contributed by atoms with Crippen molar-refractivity contribution in [3.05, 3.63) is 132 Å². The Morgan fingerprint density at radius 3 is 2.08 bits per heavy atom. The van der Waals surface area contributed by atoms with Crippen LogP contribution >= 0.6 is 0 Å². The third-order valence-electron chi connectivity index (χ3n) is 9.12. The Balaban J connectivity index is 1.58. The summed E-state index contributed by atoms with van der Waals surface area (Å²) >= 11 is 0. The van der Waals surface area contributed by atoms with Crippen molar-refractivity contribution in [2.24, 2.45) is 0 Å². The van der Waals surface area contributed by atoms with Crippen molar-refractivity contribution in [3.8, 4) is 22.5 Å². The van der Waals surface area contributed by atoms with Crippen LogP contribution < -0.4 is 9.13 Å². The van der Waals surface area contributed by atoms with E-state index in [0.29, 0.717) is 0 Å². The van der Waals surface area contributed by atoms with E-state index in [2.05, 4.69) is 132 Å². The molecule has 0 saturated carbocycles. The predicted molar refractivity (Wildman–Crippen MR) is 143 cm³/mol. The van der Waals surface area contributed by atoms with Gasteiger partial charge in [0.15, 0.2) is 12.4 Å². The molecule has 0 amide bonds. The minimum Gasteiger partial charge on any atom is -0.125 e. The molecular formula is C34H24N2+2. The molecule has 1 unspecified atom stereocenters. The maximum Gasteiger partial charge on any atom is 0.417 e. The van der Waals surface area contributed by atoms with Crippen LogP contribution in [0.2, 0.25) is 0 Å². The van der Waals surface area contributed by atoms with Crippen LogP contribution in [0.25, 0.3) is 44.1 Å². The van der Waals surface area contributed by atoms with Gasteiger partial charge in [0, 0.05) is 17.5 Å². The van der Waals surface area contributed by atoms with Crippen LogP contribution in [0.15, 0.2) is 109 Å². The number of hydrogen-bond donors (Lipinski definition) is 0. The summed E-state index contributed by atoms with van der Waals surface area (Å²) in [4.78, 5) is 0. The summed E-state index contributed by atoms with van der Waals surface area (Å²) < 4.78 is 5.12. The maximum atomic E-state index is 2.58. The Hall–Kier alpha value is -4.30. The van der Waals surface area contributed by atoms with Crippen molar-refractivity contribution in [3.63, 3.8) is 0 Å². The van der Waals surface area contributed by atoms with Gasteiger partial charge in [-0.05, 0) is 46.2 Å². The van der Waals surface area contributed by atoms with Crippen molar-refractivity contribution < 1.29 is 9.13 Å². The summed E-state index contributed by atoms with van der Waals surface area (Å²) in [5.41, 5.74) is 10.4. The van der Waals surface area contributed by atoms with Gasteiger partial charge in [-0.2, -0.15) is 0 Å². The highest BCUT2D eigenvalue weighted by atomic mass is 15.3. The highest BCUT2D eigenvalue weighted by Gasteiger charge is 2.68. The third kappa shape index (κ3) is 1.83. The summed E-state index contributed by atoms with van der Waals surface area (Å²) in [5.74, 6) is 0. The topological polar surface area (TPSA) is 7.76 Å². The Morgan fingerprint density at radius 2 is 1.17 bits per heavy atom. The molecule has 6 aromatic rings. The summed E-state index contributed by atoms with van der Waals surface area (Å²) in [6, 6.07) is 36.2. The summed E-state index contributed by atoms with van der Waals surface area (Å²) in [6.07, 6.45) is 4.65. The standard InChI is InChI=1S/C34H24N2/c1-33(2)26-14-7-10-22-18-20-36-32(29(22)26)30-27(33)15-8-16-28(30)34(36)25-13-6-5-12-24(25)31-23-11-4-3-9-21(23)17-19-35(31)34/h3-20H,1-2H3/q+2. The smallest absolute Gasteiger partial charge is 0.125 e. The first kappa shape index (κ1) is 19.0. The molecule has 1 aliphatic carbocycles. The molecule has 0 fully saturated rings. The van der Waals surface area contributed by atoms with Crippen molar-refractivity contribution >= 4 is 21.5 Å². The minimum atomic E-state index is -0.460. The zero-order chi connectivity index (χ0) is 23.8. The molecule has 2 aliphatic heterocycles. The second kappa shape index (κ2) is 5.91. The van der Waals surface area contributed by atoms with Gasteiger partial charge in [-0.25, -0.2) is 0 Å². The first-order valence-electron chi connectivity index (χ1n) is 12.8. The third-order valence-corrected chi connectivity index (χ3v) is 9.12. The zero-order valence-corrected chi connectivity index (χ0v) is 20.3. The van der Waals surface area contributed by atoms with Crippen molar-refractivity contribution in [1.82, 2.24) is 0 Å². The second-order valence-electron chi connectivity index (χ2n) is 11.0. The second-order valence-corrected chi connectivity index (χ2v) is 11.0. The van der Waals surface area contributed by atoms with E-state index in [1.807, 2.05) is 0 Å². The number of benzene rings is 4. The fourth-order valence-corrected chi connectivity index (χ4v) is 7.66. The summed E-state index contributed by atoms with van der Waals surface area (Å²) in [7, 11) is 0. The molecule has 0 radical (unpaired) electrons. The molecular weight excluding hydrogens is 436 g/mol. The van der Waals surface area contributed by atoms with Gasteiger partial charge in [-0.15, -0.1) is 9.13 Å². The van der Waals surface area contributed by atoms with Gasteiger partial charge in [-0.1, -0.05) is 74.5 Å². The molecule has 36 heavy (non-hydrogen) atoms. The van der Waals surface area contributed by atoms with Crippen LogP contribution in [0.3, 0.4) is 0 Å². The van der Waals surface area contributed by atoms with Crippen LogP contribution in [-0.2, 0) is 11.1 Å². The number of hydrogen-bond acceptors (Lipinski definition) is 0. The van der Waals surface area contributed by atoms with E-state index in [1.165, 1.54) is 66.3 Å². The lowest BCUT2D eigenvalue weighted by Gasteiger charge is -2.32. The Bertz CT molecular complexity index is 1980. The lowest BCUT2D eigenvalue weighted by Crippen LogP contribution is -2.71. The molecule has 4 heterocycles. The Labute approximate surface area is 209 Å². The molecule has 4 aromatic carbocycles. The normalized spacial score (nSPS) is 19.2. The largest absolute Gasteiger partial charge is 0.417 e. The molecule has 3 aliphatic rings. The number of rotatable bonds is 0. The van der Waals surface area contributed by atoms with Gasteiger partial charge in [0.2, 0.25) is 11.4 Å². The van der Waals surface area contributed by atoms with E-state index in [1.54, 1.807) is 0 Å². The van der Waals surface area contributed by atoms with Gasteiger partial charge in [0.05, 0.1) is 21.9 Å². The van der Waals surface area contributed by atoms with Crippen LogP contribution in [0.4, 0.5) is 0 Å². The molecule has 9 rings (SSSR count). The summed E-state index contributed by atoms with van der Waals surface area (Å²) in [6.45, 7) is 4.78. The van der Waals surface area contributed by atoms with Crippen molar-refractivity contribution in [2.45, 2.75) is 24.9 Å². The van der Waals surface area contributed by atoms with Crippen molar-refractivity contribution in [2.75, 3.05) is 0 Å². The highest BCUT2D eigenvalue weighted by molar-refractivity contribution is 6.02. The number of nitrogens with zero attached hydrogens (tertiary/aromatic N) is 2. The molecule has 0 saturated heterocycles. The minimum absolute atomic E-state index is 0.0719. The first-order chi connectivity index (χ1) is 17.6. The van der Waals surface area contributed by atoms with E-state index in [9.17, 15) is 0 Å². The van der Waals surface area contributed by atoms with Crippen LogP contribution in [0.5, 0.6) is 0 Å². The molecule has 2 heteroatoms. The summed E-state index contributed by atoms with van der Waals surface area (Å²) in [5, 5.41) is 5.29. The van der Waals surface area contributed by atoms with E-state index in [-0.39, 0.29) is 5.41 Å². The SMILES string of the molecule is CC1(C)c2cccc3c2-c2c4c1cccc4cc[n+]2C31c2ccccc2-c2c3ccccc3cc[n+]21. The van der Waals surface area contributed by atoms with Gasteiger partial charge < -0.3 is 0 Å². The first-order valence-corrected chi connectivity index (χ1v) is 12.8. The van der Waals surface area contributed by atoms with Crippen LogP contribution in [0, 0.1) is 0 Å². The number of aromatic nitrogens is 2. The zero-order valence-electron chi connectivity index (χ0n) is 20.3. The monoisotopic (exact) mass is 460 g/mol. The van der Waals surface area contributed by atoms with Crippen LogP contribution in [0.1, 0.15) is 36.1 Å². The van der Waals surface area contributed by atoms with E-state index >= 15 is 0 Å². The Morgan fingerprint density at radius 1 is 0.528 bits per heavy atom. The fourth-order valence-electron chi connectivity index (χ4n) is 7.66. The Kier molecular flexibility index (Phi) is 3.11. The molecule has 2 aromatic heterocycles. The fraction of sp³-hybridized carbons (Fsp3) is 0.118. The molecule has 2 nitrogen and oxygen atoms in total. The van der Waals surface area contributed by atoms with E-state index < -0.39 is 5.66 Å². The van der Waals surface area contributed by atoms with Gasteiger partial charge in [0.1, 0.15) is 11.1 Å². The average molecular weight is 461 g/mol. The van der Waals surface area contributed by atoms with E-state index in [0.717, 1.165) is 0 Å². The lowest BCUT2D eigenvalue weighted by atomic mass is 9.69. The predicted octanol–water partition coefficient (Wildman–Crippen LogP) is 6.47. The molecule has 0 bridgehead atoms. The average Bonchev–Trinajstić information content (AvgIpc) is 3.39. The maximum absolute atomic E-state index is 2.58. The number of fused-ring (bicyclic) bond motifs is 9. The lowest BCUT2D eigenvalue weighted by molar-refractivity contribution is -0.954. The van der Waals surface area contributed by atoms with E-state index in [4.69, 9.17) is 0 Å². The van der Waals surface area contributed by atoms with Crippen molar-refractivity contribution in [1.29, 1.82) is 0 Å². The van der Waals surface area contributed by atoms with Gasteiger partial charge in [-0.3, -0.25) is 0 Å². The van der Waals surface area contributed by atoms with Crippen LogP contribution in [-0.4, -0.2) is 0 Å².